The van der Waals surface area contributed by atoms with Gasteiger partial charge in [-0.25, -0.2) is 0 Å². The van der Waals surface area contributed by atoms with Gasteiger partial charge < -0.3 is 9.84 Å². The van der Waals surface area contributed by atoms with E-state index in [4.69, 9.17) is 5.11 Å². The second kappa shape index (κ2) is 4.55. The third-order valence-corrected chi connectivity index (χ3v) is 0.893. The third kappa shape index (κ3) is 2.86. The Bertz CT molecular complexity index is 159. The number of carbonyl (C=O) groups is 2. The van der Waals surface area contributed by atoms with Gasteiger partial charge in [-0.2, -0.15) is 0 Å². The molecule has 0 aliphatic carbocycles. The topological polar surface area (TPSA) is 63.6 Å². The lowest BCUT2D eigenvalue weighted by molar-refractivity contribution is -0.140. The quantitative estimate of drug-likeness (QED) is 0.266. The molecule has 0 rings (SSSR count). The molecule has 0 heterocycles. The molecule has 56 valence electrons. The van der Waals surface area contributed by atoms with Crippen LogP contribution in [0.1, 0.15) is 6.42 Å². The van der Waals surface area contributed by atoms with Gasteiger partial charge in [-0.1, -0.05) is 0 Å². The molecule has 0 aromatic heterocycles. The minimum absolute atomic E-state index is 0.00634. The first-order chi connectivity index (χ1) is 4.74. The van der Waals surface area contributed by atoms with E-state index in [2.05, 4.69) is 4.74 Å². The van der Waals surface area contributed by atoms with E-state index >= 15 is 0 Å². The minimum atomic E-state index is -0.549. The van der Waals surface area contributed by atoms with Crippen molar-refractivity contribution in [3.8, 4) is 0 Å². The lowest BCUT2D eigenvalue weighted by atomic mass is 10.2. The average molecular weight is 144 g/mol. The van der Waals surface area contributed by atoms with Crippen molar-refractivity contribution < 1.29 is 19.4 Å². The first kappa shape index (κ1) is 8.68. The van der Waals surface area contributed by atoms with Crippen LogP contribution in [0.2, 0.25) is 0 Å². The average Bonchev–Trinajstić information content (AvgIpc) is 1.99. The highest BCUT2D eigenvalue weighted by molar-refractivity contribution is 5.83. The summed E-state index contributed by atoms with van der Waals surface area (Å²) in [6.45, 7) is 0. The van der Waals surface area contributed by atoms with Crippen LogP contribution in [0.3, 0.4) is 0 Å². The van der Waals surface area contributed by atoms with Gasteiger partial charge in [0.1, 0.15) is 6.29 Å². The molecule has 10 heavy (non-hydrogen) atoms. The Morgan fingerprint density at radius 3 is 2.60 bits per heavy atom. The Morgan fingerprint density at radius 2 is 2.30 bits per heavy atom. The number of carbonyl (C=O) groups excluding carboxylic acids is 2. The van der Waals surface area contributed by atoms with Crippen molar-refractivity contribution in [2.75, 3.05) is 7.11 Å². The van der Waals surface area contributed by atoms with Crippen LogP contribution in [0.25, 0.3) is 0 Å². The van der Waals surface area contributed by atoms with Crippen molar-refractivity contribution in [2.45, 2.75) is 6.42 Å². The van der Waals surface area contributed by atoms with E-state index in [0.717, 1.165) is 0 Å². The first-order valence-corrected chi connectivity index (χ1v) is 2.59. The third-order valence-electron chi connectivity index (χ3n) is 0.893. The van der Waals surface area contributed by atoms with E-state index in [0.29, 0.717) is 12.5 Å². The zero-order valence-electron chi connectivity index (χ0n) is 5.53. The Morgan fingerprint density at radius 1 is 1.70 bits per heavy atom. The summed E-state index contributed by atoms with van der Waals surface area (Å²) >= 11 is 0. The highest BCUT2D eigenvalue weighted by atomic mass is 16.5. The van der Waals surface area contributed by atoms with Crippen molar-refractivity contribution in [2.24, 2.45) is 0 Å². The largest absolute Gasteiger partial charge is 0.515 e. The Kier molecular flexibility index (Phi) is 3.95. The number of ether oxygens (including phenoxy) is 1. The predicted octanol–water partition coefficient (Wildman–Crippen LogP) is 0.190. The Labute approximate surface area is 58.1 Å². The molecule has 0 amide bonds. The summed E-state index contributed by atoms with van der Waals surface area (Å²) in [5.41, 5.74) is 0.00634. The summed E-state index contributed by atoms with van der Waals surface area (Å²) in [5.74, 6) is -0.549. The zero-order chi connectivity index (χ0) is 7.98. The fourth-order valence-electron chi connectivity index (χ4n) is 0.357. The molecule has 0 aromatic carbocycles. The molecule has 0 fully saturated rings. The molecule has 0 aromatic rings. The maximum absolute atomic E-state index is 10.4. The number of methoxy groups -OCH3 is 1. The van der Waals surface area contributed by atoms with Gasteiger partial charge in [0, 0.05) is 5.57 Å². The number of esters is 1. The van der Waals surface area contributed by atoms with Gasteiger partial charge in [0.05, 0.1) is 19.8 Å². The van der Waals surface area contributed by atoms with Gasteiger partial charge >= 0.3 is 5.97 Å². The Balaban J connectivity index is 3.87. The van der Waals surface area contributed by atoms with E-state index in [9.17, 15) is 9.59 Å². The van der Waals surface area contributed by atoms with E-state index in [1.54, 1.807) is 0 Å². The van der Waals surface area contributed by atoms with Gasteiger partial charge in [-0.05, 0) is 0 Å². The molecule has 0 unspecified atom stereocenters. The monoisotopic (exact) mass is 144 g/mol. The van der Waals surface area contributed by atoms with Crippen LogP contribution >= 0.6 is 0 Å². The molecule has 0 atom stereocenters. The second-order valence-corrected chi connectivity index (χ2v) is 1.57. The van der Waals surface area contributed by atoms with Gasteiger partial charge in [-0.3, -0.25) is 9.59 Å². The summed E-state index contributed by atoms with van der Waals surface area (Å²) in [5, 5.41) is 8.27. The maximum atomic E-state index is 10.4. The second-order valence-electron chi connectivity index (χ2n) is 1.57. The highest BCUT2D eigenvalue weighted by Crippen LogP contribution is 1.96. The van der Waals surface area contributed by atoms with E-state index in [1.807, 2.05) is 0 Å². The van der Waals surface area contributed by atoms with Gasteiger partial charge in [0.15, 0.2) is 0 Å². The smallest absolute Gasteiger partial charge is 0.310 e. The van der Waals surface area contributed by atoms with E-state index in [1.165, 1.54) is 7.11 Å². The first-order valence-electron chi connectivity index (χ1n) is 2.59. The number of aliphatic hydroxyl groups is 1. The van der Waals surface area contributed by atoms with Crippen LogP contribution in [0.15, 0.2) is 11.8 Å². The van der Waals surface area contributed by atoms with Crippen LogP contribution in [-0.2, 0) is 14.3 Å². The van der Waals surface area contributed by atoms with Gasteiger partial charge in [-0.15, -0.1) is 0 Å². The number of aldehydes is 1. The normalized spacial score (nSPS) is 10.7. The summed E-state index contributed by atoms with van der Waals surface area (Å²) in [6, 6.07) is 0. The van der Waals surface area contributed by atoms with Crippen LogP contribution in [0, 0.1) is 0 Å². The fourth-order valence-corrected chi connectivity index (χ4v) is 0.357. The van der Waals surface area contributed by atoms with Gasteiger partial charge in [0.25, 0.3) is 0 Å². The number of aliphatic hydroxyl groups excluding tert-OH is 1. The molecule has 0 saturated heterocycles. The van der Waals surface area contributed by atoms with Crippen molar-refractivity contribution in [1.82, 2.24) is 0 Å². The van der Waals surface area contributed by atoms with Crippen LogP contribution in [0.5, 0.6) is 0 Å². The molecule has 4 heteroatoms. The molecular weight excluding hydrogens is 136 g/mol. The van der Waals surface area contributed by atoms with E-state index in [-0.39, 0.29) is 12.0 Å². The lowest BCUT2D eigenvalue weighted by Crippen LogP contribution is -2.02. The molecule has 0 aliphatic heterocycles. The molecule has 0 spiro atoms. The summed E-state index contributed by atoms with van der Waals surface area (Å²) in [7, 11) is 1.21. The standard InChI is InChI=1S/C6H8O4/c1-10-6(9)2-5(3-7)4-8/h3-4,7H,2H2,1H3/b5-3-. The van der Waals surface area contributed by atoms with Crippen LogP contribution in [0.4, 0.5) is 0 Å². The molecular formula is C6H8O4. The van der Waals surface area contributed by atoms with Crippen molar-refractivity contribution in [1.29, 1.82) is 0 Å². The number of hydrogen-bond acceptors (Lipinski definition) is 4. The predicted molar refractivity (Wildman–Crippen MR) is 33.4 cm³/mol. The van der Waals surface area contributed by atoms with Crippen molar-refractivity contribution in [3.05, 3.63) is 11.8 Å². The molecule has 1 N–H and O–H groups in total. The van der Waals surface area contributed by atoms with Crippen LogP contribution in [-0.4, -0.2) is 24.5 Å². The lowest BCUT2D eigenvalue weighted by Gasteiger charge is -1.94. The van der Waals surface area contributed by atoms with Crippen molar-refractivity contribution in [3.63, 3.8) is 0 Å². The molecule has 0 radical (unpaired) electrons. The minimum Gasteiger partial charge on any atom is -0.515 e. The highest BCUT2D eigenvalue weighted by Gasteiger charge is 2.03. The summed E-state index contributed by atoms with van der Waals surface area (Å²) in [6.07, 6.45) is 0.803. The molecule has 0 aliphatic rings. The summed E-state index contributed by atoms with van der Waals surface area (Å²) in [4.78, 5) is 20.4. The zero-order valence-corrected chi connectivity index (χ0v) is 5.53. The maximum Gasteiger partial charge on any atom is 0.310 e. The molecule has 4 nitrogen and oxygen atoms in total. The number of hydrogen-bond donors (Lipinski definition) is 1. The SMILES string of the molecule is COC(=O)C/C(C=O)=C/O. The molecule has 0 saturated carbocycles. The Hall–Kier alpha value is -1.32. The van der Waals surface area contributed by atoms with Crippen molar-refractivity contribution >= 4 is 12.3 Å². The van der Waals surface area contributed by atoms with Crippen LogP contribution < -0.4 is 0 Å². The molecule has 0 bridgehead atoms. The number of rotatable bonds is 3. The van der Waals surface area contributed by atoms with E-state index < -0.39 is 5.97 Å². The summed E-state index contributed by atoms with van der Waals surface area (Å²) < 4.78 is 4.23. The fraction of sp³-hybridized carbons (Fsp3) is 0.333. The van der Waals surface area contributed by atoms with Gasteiger partial charge in [0.2, 0.25) is 0 Å².